The number of hydrogen-bond acceptors (Lipinski definition) is 3. The van der Waals surface area contributed by atoms with Crippen molar-refractivity contribution in [3.8, 4) is 0 Å². The Bertz CT molecular complexity index is 637. The van der Waals surface area contributed by atoms with E-state index in [2.05, 4.69) is 41.5 Å². The van der Waals surface area contributed by atoms with Gasteiger partial charge in [0.2, 0.25) is 0 Å². The maximum Gasteiger partial charge on any atom is 0.532 e. The van der Waals surface area contributed by atoms with Gasteiger partial charge in [0.15, 0.2) is 0 Å². The summed E-state index contributed by atoms with van der Waals surface area (Å²) in [5, 5.41) is 0. The number of hydrogen-bond donors (Lipinski definition) is 0. The molecule has 0 saturated heterocycles. The van der Waals surface area contributed by atoms with E-state index in [1.54, 1.807) is 0 Å². The second-order valence-corrected chi connectivity index (χ2v) is 22.9. The highest BCUT2D eigenvalue weighted by atomic mass is 32.3. The maximum atomic E-state index is 16.8. The van der Waals surface area contributed by atoms with Gasteiger partial charge in [0.1, 0.15) is 0 Å². The van der Waals surface area contributed by atoms with Gasteiger partial charge in [-0.15, -0.1) is 24.8 Å². The average molecular weight is 729 g/mol. The zero-order chi connectivity index (χ0) is 35.0. The quantitative estimate of drug-likeness (QED) is 0.0469. The van der Waals surface area contributed by atoms with Gasteiger partial charge in [-0.3, -0.25) is 0 Å². The molecular weight excluding hydrogens is 643 g/mol. The van der Waals surface area contributed by atoms with Crippen molar-refractivity contribution in [2.24, 2.45) is 0 Å². The minimum atomic E-state index is -4.70. The summed E-state index contributed by atoms with van der Waals surface area (Å²) in [5.41, 5.74) is 0. The number of unbranched alkanes of at least 4 members (excludes halogenated alkanes) is 22. The third-order valence-electron chi connectivity index (χ3n) is 9.71. The fourth-order valence-electron chi connectivity index (χ4n) is 6.68. The molecule has 0 heterocycles. The highest BCUT2D eigenvalue weighted by molar-refractivity contribution is 8.33. The van der Waals surface area contributed by atoms with Crippen LogP contribution >= 0.6 is 28.5 Å². The summed E-state index contributed by atoms with van der Waals surface area (Å²) in [7, 11) is -8.33. The second kappa shape index (κ2) is 32.7. The van der Waals surface area contributed by atoms with Crippen molar-refractivity contribution < 1.29 is 16.7 Å². The van der Waals surface area contributed by atoms with E-state index in [1.807, 2.05) is 0 Å². The molecule has 0 N–H and O–H groups in total. The van der Waals surface area contributed by atoms with E-state index in [0.29, 0.717) is 0 Å². The lowest BCUT2D eigenvalue weighted by Gasteiger charge is -2.44. The first-order valence-corrected chi connectivity index (χ1v) is 26.6. The van der Waals surface area contributed by atoms with Crippen LogP contribution in [-0.4, -0.2) is 34.5 Å². The first-order chi connectivity index (χ1) is 22.8. The molecule has 0 aromatic heterocycles. The third-order valence-corrected chi connectivity index (χ3v) is 19.9. The number of rotatable bonds is 38. The Morgan fingerprint density at radius 2 is 0.511 bits per heavy atom. The summed E-state index contributed by atoms with van der Waals surface area (Å²) in [6, 6.07) is 0. The molecule has 288 valence electrons. The van der Waals surface area contributed by atoms with Gasteiger partial charge in [-0.2, -0.15) is 0 Å². The van der Waals surface area contributed by atoms with Crippen LogP contribution in [0.1, 0.15) is 221 Å². The Balaban J connectivity index is 5.92. The molecule has 0 spiro atoms. The Labute approximate surface area is 299 Å². The van der Waals surface area contributed by atoms with Gasteiger partial charge in [-0.1, -0.05) is 183 Å². The zero-order valence-corrected chi connectivity index (χ0v) is 35.4. The zero-order valence-electron chi connectivity index (χ0n) is 32.9. The first kappa shape index (κ1) is 47.8. The van der Waals surface area contributed by atoms with Gasteiger partial charge >= 0.3 is 7.91 Å². The SMILES string of the molecule is CCCCCCCCCCS(CCCCC)(CCCCC)OP(=O)(F)OS(CCCCC)(CCCCC)CCCCCCCCCC. The predicted octanol–water partition coefficient (Wildman–Crippen LogP) is 16.6. The molecule has 0 amide bonds. The van der Waals surface area contributed by atoms with Crippen LogP contribution in [0.15, 0.2) is 0 Å². The van der Waals surface area contributed by atoms with E-state index < -0.39 is 28.5 Å². The highest BCUT2D eigenvalue weighted by Gasteiger charge is 2.42. The Kier molecular flexibility index (Phi) is 33.2. The molecule has 0 aliphatic carbocycles. The van der Waals surface area contributed by atoms with Crippen LogP contribution in [0.2, 0.25) is 0 Å². The van der Waals surface area contributed by atoms with Gasteiger partial charge in [-0.25, -0.2) is 12.5 Å². The molecule has 0 unspecified atom stereocenters. The summed E-state index contributed by atoms with van der Waals surface area (Å²) in [5.74, 6) is 5.29. The van der Waals surface area contributed by atoms with Crippen LogP contribution in [0, 0.1) is 0 Å². The van der Waals surface area contributed by atoms with E-state index in [4.69, 9.17) is 7.94 Å². The van der Waals surface area contributed by atoms with Crippen LogP contribution < -0.4 is 0 Å². The van der Waals surface area contributed by atoms with Gasteiger partial charge in [-0.05, 0) is 73.0 Å². The molecule has 47 heavy (non-hydrogen) atoms. The Morgan fingerprint density at radius 1 is 0.340 bits per heavy atom. The van der Waals surface area contributed by atoms with Gasteiger partial charge < -0.3 is 0 Å². The molecule has 0 rings (SSSR count). The molecule has 0 aromatic rings. The smallest absolute Gasteiger partial charge is 0.233 e. The summed E-state index contributed by atoms with van der Waals surface area (Å²) < 4.78 is 43.9. The van der Waals surface area contributed by atoms with E-state index in [-0.39, 0.29) is 0 Å². The summed E-state index contributed by atoms with van der Waals surface area (Å²) in [6.07, 6.45) is 33.3. The minimum Gasteiger partial charge on any atom is -0.233 e. The van der Waals surface area contributed by atoms with Crippen molar-refractivity contribution in [2.75, 3.05) is 34.5 Å². The molecule has 3 nitrogen and oxygen atoms in total. The molecule has 0 bridgehead atoms. The van der Waals surface area contributed by atoms with Crippen LogP contribution in [0.5, 0.6) is 0 Å². The normalized spacial score (nSPS) is 13.4. The lowest BCUT2D eigenvalue weighted by molar-refractivity contribution is 0.363. The third kappa shape index (κ3) is 27.1. The minimum absolute atomic E-state index is 0.879. The highest BCUT2D eigenvalue weighted by Crippen LogP contribution is 2.73. The number of halogens is 1. The van der Waals surface area contributed by atoms with Crippen LogP contribution in [0.4, 0.5) is 4.20 Å². The van der Waals surface area contributed by atoms with E-state index in [9.17, 15) is 4.57 Å². The lowest BCUT2D eigenvalue weighted by atomic mass is 10.1. The standard InChI is InChI=1S/C40H86FO3PS2/c1-7-13-19-21-23-25-27-33-39-46(35-29-15-9-3,36-30-16-10-4)43-45(41,42)44-47(37-31-17-11-5,38-32-18-12-6)40-34-28-26-24-22-20-14-8-2/h7-40H2,1-6H3. The molecule has 0 aliphatic heterocycles. The largest absolute Gasteiger partial charge is 0.532 e. The molecule has 0 aliphatic rings. The van der Waals surface area contributed by atoms with E-state index in [0.717, 1.165) is 124 Å². The second-order valence-electron chi connectivity index (χ2n) is 14.5. The molecule has 0 fully saturated rings. The van der Waals surface area contributed by atoms with Crippen molar-refractivity contribution in [3.05, 3.63) is 0 Å². The van der Waals surface area contributed by atoms with Crippen molar-refractivity contribution in [3.63, 3.8) is 0 Å². The van der Waals surface area contributed by atoms with Crippen LogP contribution in [-0.2, 0) is 12.5 Å². The Morgan fingerprint density at radius 3 is 0.745 bits per heavy atom. The average Bonchev–Trinajstić information content (AvgIpc) is 3.03. The van der Waals surface area contributed by atoms with Crippen molar-refractivity contribution in [2.45, 2.75) is 221 Å². The molecule has 0 saturated carbocycles. The van der Waals surface area contributed by atoms with Crippen LogP contribution in [0.3, 0.4) is 0 Å². The summed E-state index contributed by atoms with van der Waals surface area (Å²) >= 11 is 0. The molecule has 0 aromatic carbocycles. The molecular formula is C40H86FO3PS2. The van der Waals surface area contributed by atoms with Crippen molar-refractivity contribution in [1.29, 1.82) is 0 Å². The fourth-order valence-corrected chi connectivity index (χ4v) is 17.4. The van der Waals surface area contributed by atoms with E-state index >= 15 is 4.20 Å². The van der Waals surface area contributed by atoms with Crippen molar-refractivity contribution >= 4 is 28.5 Å². The van der Waals surface area contributed by atoms with Crippen molar-refractivity contribution in [1.82, 2.24) is 0 Å². The van der Waals surface area contributed by atoms with E-state index in [1.165, 1.54) is 89.9 Å². The Hall–Kier alpha value is 0.780. The van der Waals surface area contributed by atoms with Crippen LogP contribution in [0.25, 0.3) is 0 Å². The first-order valence-electron chi connectivity index (χ1n) is 21.0. The summed E-state index contributed by atoms with van der Waals surface area (Å²) in [4.78, 5) is 0. The molecule has 7 heteroatoms. The van der Waals surface area contributed by atoms with Gasteiger partial charge in [0.25, 0.3) is 0 Å². The monoisotopic (exact) mass is 729 g/mol. The van der Waals surface area contributed by atoms with Gasteiger partial charge in [0, 0.05) is 0 Å². The topological polar surface area (TPSA) is 35.5 Å². The maximum absolute atomic E-state index is 16.8. The molecule has 0 radical (unpaired) electrons. The summed E-state index contributed by atoms with van der Waals surface area (Å²) in [6.45, 7) is 13.5. The fraction of sp³-hybridized carbons (Fsp3) is 1.00. The predicted molar refractivity (Wildman–Crippen MR) is 219 cm³/mol. The lowest BCUT2D eigenvalue weighted by Crippen LogP contribution is -2.20. The molecule has 0 atom stereocenters. The van der Waals surface area contributed by atoms with Gasteiger partial charge in [0.05, 0.1) is 0 Å².